The fourth-order valence-electron chi connectivity index (χ4n) is 2.97. The van der Waals surface area contributed by atoms with E-state index in [1.54, 1.807) is 18.2 Å². The highest BCUT2D eigenvalue weighted by molar-refractivity contribution is 6.35. The number of nitrogens with one attached hydrogen (secondary N) is 1. The quantitative estimate of drug-likeness (QED) is 0.901. The molecule has 2 amide bonds. The van der Waals surface area contributed by atoms with Crippen molar-refractivity contribution in [3.8, 4) is 0 Å². The summed E-state index contributed by atoms with van der Waals surface area (Å²) < 4.78 is 5.48. The van der Waals surface area contributed by atoms with Crippen molar-refractivity contribution in [3.05, 3.63) is 28.2 Å². The summed E-state index contributed by atoms with van der Waals surface area (Å²) in [6.45, 7) is 1.57. The Balaban J connectivity index is 1.62. The molecule has 23 heavy (non-hydrogen) atoms. The Morgan fingerprint density at radius 3 is 2.96 bits per heavy atom. The first-order chi connectivity index (χ1) is 11.0. The summed E-state index contributed by atoms with van der Waals surface area (Å²) in [7, 11) is 0. The monoisotopic (exact) mass is 356 g/mol. The standard InChI is InChI=1S/C16H18Cl2N2O3/c17-11-3-4-13(18)14(7-11)20-9-10(6-15(20)21)16(22)19-8-12-2-1-5-23-12/h3-4,7,10,12H,1-2,5-6,8-9H2,(H,19,22)/t10-,12-/m1/s1. The summed E-state index contributed by atoms with van der Waals surface area (Å²) in [6.07, 6.45) is 2.27. The molecule has 3 rings (SSSR count). The predicted molar refractivity (Wildman–Crippen MR) is 88.9 cm³/mol. The summed E-state index contributed by atoms with van der Waals surface area (Å²) >= 11 is 12.1. The second-order valence-corrected chi connectivity index (χ2v) is 6.72. The number of hydrogen-bond acceptors (Lipinski definition) is 3. The maximum absolute atomic E-state index is 12.3. The third-order valence-electron chi connectivity index (χ3n) is 4.22. The number of carbonyl (C=O) groups is 2. The Bertz CT molecular complexity index is 617. The maximum Gasteiger partial charge on any atom is 0.227 e. The van der Waals surface area contributed by atoms with E-state index in [1.165, 1.54) is 4.90 Å². The molecule has 2 fully saturated rings. The van der Waals surface area contributed by atoms with Gasteiger partial charge in [-0.3, -0.25) is 9.59 Å². The van der Waals surface area contributed by atoms with Gasteiger partial charge in [-0.25, -0.2) is 0 Å². The molecule has 0 bridgehead atoms. The lowest BCUT2D eigenvalue weighted by molar-refractivity contribution is -0.126. The molecule has 0 spiro atoms. The lowest BCUT2D eigenvalue weighted by atomic mass is 10.1. The van der Waals surface area contributed by atoms with Crippen molar-refractivity contribution < 1.29 is 14.3 Å². The second kappa shape index (κ2) is 7.07. The normalized spacial score (nSPS) is 24.3. The van der Waals surface area contributed by atoms with Crippen molar-refractivity contribution in [3.63, 3.8) is 0 Å². The smallest absolute Gasteiger partial charge is 0.227 e. The van der Waals surface area contributed by atoms with Crippen molar-refractivity contribution >= 4 is 40.7 Å². The predicted octanol–water partition coefficient (Wildman–Crippen LogP) is 2.64. The molecule has 0 unspecified atom stereocenters. The minimum absolute atomic E-state index is 0.0922. The van der Waals surface area contributed by atoms with Crippen molar-refractivity contribution in [2.45, 2.75) is 25.4 Å². The Labute approximate surface area is 144 Å². The summed E-state index contributed by atoms with van der Waals surface area (Å²) in [5.74, 6) is -0.611. The van der Waals surface area contributed by atoms with Gasteiger partial charge in [0.25, 0.3) is 0 Å². The molecule has 2 aliphatic rings. The number of carbonyl (C=O) groups excluding carboxylic acids is 2. The Kier molecular flexibility index (Phi) is 5.09. The number of halogens is 2. The molecule has 124 valence electrons. The first-order valence-electron chi connectivity index (χ1n) is 7.69. The molecule has 5 nitrogen and oxygen atoms in total. The molecule has 7 heteroatoms. The zero-order valence-electron chi connectivity index (χ0n) is 12.6. The van der Waals surface area contributed by atoms with Gasteiger partial charge in [-0.05, 0) is 31.0 Å². The van der Waals surface area contributed by atoms with Crippen LogP contribution >= 0.6 is 23.2 Å². The third kappa shape index (κ3) is 3.79. The Hall–Kier alpha value is -1.30. The molecule has 2 atom stereocenters. The molecule has 0 aliphatic carbocycles. The molecule has 1 aromatic rings. The molecule has 0 radical (unpaired) electrons. The molecule has 1 aromatic carbocycles. The fourth-order valence-corrected chi connectivity index (χ4v) is 3.36. The molecule has 2 heterocycles. The van der Waals surface area contributed by atoms with Gasteiger partial charge in [-0.15, -0.1) is 0 Å². The van der Waals surface area contributed by atoms with Crippen LogP contribution in [0.15, 0.2) is 18.2 Å². The summed E-state index contributed by atoms with van der Waals surface area (Å²) in [6, 6.07) is 4.96. The topological polar surface area (TPSA) is 58.6 Å². The average molecular weight is 357 g/mol. The van der Waals surface area contributed by atoms with Crippen molar-refractivity contribution in [2.75, 3.05) is 24.6 Å². The Morgan fingerprint density at radius 2 is 2.22 bits per heavy atom. The molecule has 2 saturated heterocycles. The largest absolute Gasteiger partial charge is 0.376 e. The van der Waals surface area contributed by atoms with Gasteiger partial charge in [-0.2, -0.15) is 0 Å². The summed E-state index contributed by atoms with van der Waals surface area (Å²) in [5.41, 5.74) is 0.554. The van der Waals surface area contributed by atoms with Crippen LogP contribution in [-0.4, -0.2) is 37.6 Å². The van der Waals surface area contributed by atoms with Gasteiger partial charge in [0.15, 0.2) is 0 Å². The van der Waals surface area contributed by atoms with E-state index < -0.39 is 0 Å². The SMILES string of the molecule is O=C(NC[C@H]1CCCO1)[C@@H]1CC(=O)N(c2cc(Cl)ccc2Cl)C1. The van der Waals surface area contributed by atoms with E-state index in [2.05, 4.69) is 5.32 Å². The van der Waals surface area contributed by atoms with Gasteiger partial charge in [0.1, 0.15) is 0 Å². The average Bonchev–Trinajstić information content (AvgIpc) is 3.17. The highest BCUT2D eigenvalue weighted by Gasteiger charge is 2.36. The zero-order chi connectivity index (χ0) is 16.4. The van der Waals surface area contributed by atoms with Crippen LogP contribution in [0.25, 0.3) is 0 Å². The highest BCUT2D eigenvalue weighted by Crippen LogP contribution is 2.33. The van der Waals surface area contributed by atoms with Gasteiger partial charge in [0, 0.05) is 31.1 Å². The van der Waals surface area contributed by atoms with Crippen LogP contribution in [-0.2, 0) is 14.3 Å². The zero-order valence-corrected chi connectivity index (χ0v) is 14.1. The lowest BCUT2D eigenvalue weighted by Gasteiger charge is -2.18. The minimum atomic E-state index is -0.376. The third-order valence-corrected chi connectivity index (χ3v) is 4.78. The van der Waals surface area contributed by atoms with Gasteiger partial charge < -0.3 is 15.0 Å². The van der Waals surface area contributed by atoms with Gasteiger partial charge >= 0.3 is 0 Å². The first-order valence-corrected chi connectivity index (χ1v) is 8.45. The lowest BCUT2D eigenvalue weighted by Crippen LogP contribution is -2.37. The van der Waals surface area contributed by atoms with Crippen LogP contribution in [0.4, 0.5) is 5.69 Å². The van der Waals surface area contributed by atoms with Crippen molar-refractivity contribution in [1.29, 1.82) is 0 Å². The van der Waals surface area contributed by atoms with E-state index in [0.717, 1.165) is 19.4 Å². The van der Waals surface area contributed by atoms with Gasteiger partial charge in [0.2, 0.25) is 11.8 Å². The van der Waals surface area contributed by atoms with E-state index in [9.17, 15) is 9.59 Å². The first kappa shape index (κ1) is 16.6. The van der Waals surface area contributed by atoms with E-state index in [1.807, 2.05) is 0 Å². The van der Waals surface area contributed by atoms with E-state index in [0.29, 0.717) is 28.8 Å². The van der Waals surface area contributed by atoms with Gasteiger partial charge in [-0.1, -0.05) is 23.2 Å². The van der Waals surface area contributed by atoms with Crippen LogP contribution in [0, 0.1) is 5.92 Å². The van der Waals surface area contributed by atoms with Crippen LogP contribution in [0.5, 0.6) is 0 Å². The van der Waals surface area contributed by atoms with E-state index in [4.69, 9.17) is 27.9 Å². The highest BCUT2D eigenvalue weighted by atomic mass is 35.5. The van der Waals surface area contributed by atoms with Crippen LogP contribution in [0.2, 0.25) is 10.0 Å². The van der Waals surface area contributed by atoms with Crippen molar-refractivity contribution in [2.24, 2.45) is 5.92 Å². The molecular formula is C16H18Cl2N2O3. The number of anilines is 1. The second-order valence-electron chi connectivity index (χ2n) is 5.88. The van der Waals surface area contributed by atoms with Crippen LogP contribution < -0.4 is 10.2 Å². The number of ether oxygens (including phenoxy) is 1. The van der Waals surface area contributed by atoms with Crippen LogP contribution in [0.1, 0.15) is 19.3 Å². The number of rotatable bonds is 4. The Morgan fingerprint density at radius 1 is 1.39 bits per heavy atom. The summed E-state index contributed by atoms with van der Waals surface area (Å²) in [5, 5.41) is 3.83. The number of benzene rings is 1. The fraction of sp³-hybridized carbons (Fsp3) is 0.500. The van der Waals surface area contributed by atoms with Crippen molar-refractivity contribution in [1.82, 2.24) is 5.32 Å². The van der Waals surface area contributed by atoms with E-state index in [-0.39, 0.29) is 30.3 Å². The van der Waals surface area contributed by atoms with E-state index >= 15 is 0 Å². The van der Waals surface area contributed by atoms with Gasteiger partial charge in [0.05, 0.1) is 22.7 Å². The minimum Gasteiger partial charge on any atom is -0.376 e. The van der Waals surface area contributed by atoms with Crippen LogP contribution in [0.3, 0.4) is 0 Å². The molecule has 1 N–H and O–H groups in total. The molecule has 0 aromatic heterocycles. The molecule has 2 aliphatic heterocycles. The summed E-state index contributed by atoms with van der Waals surface area (Å²) in [4.78, 5) is 26.0. The molecular weight excluding hydrogens is 339 g/mol. The number of amides is 2. The number of hydrogen-bond donors (Lipinski definition) is 1. The maximum atomic E-state index is 12.3. The number of nitrogens with zero attached hydrogens (tertiary/aromatic N) is 1. The molecule has 0 saturated carbocycles.